The minimum Gasteiger partial charge on any atom is -0.487 e. The number of piperidine rings is 1. The van der Waals surface area contributed by atoms with Crippen LogP contribution in [0.4, 0.5) is 18.9 Å². The van der Waals surface area contributed by atoms with E-state index >= 15 is 0 Å². The molecule has 1 unspecified atom stereocenters. The molecule has 1 atom stereocenters. The van der Waals surface area contributed by atoms with E-state index in [1.807, 2.05) is 37.3 Å². The third kappa shape index (κ3) is 7.67. The van der Waals surface area contributed by atoms with Gasteiger partial charge in [-0.1, -0.05) is 25.1 Å². The predicted octanol–water partition coefficient (Wildman–Crippen LogP) is 4.18. The first-order chi connectivity index (χ1) is 17.8. The number of aliphatic carboxylic acids is 1. The van der Waals surface area contributed by atoms with E-state index in [1.54, 1.807) is 22.8 Å². The molecule has 2 aromatic rings. The lowest BCUT2D eigenvalue weighted by molar-refractivity contribution is -0.192. The molecule has 2 N–H and O–H groups in total. The topological polar surface area (TPSA) is 126 Å². The van der Waals surface area contributed by atoms with Gasteiger partial charge in [0.05, 0.1) is 17.6 Å². The molecular weight excluding hydrogens is 527 g/mol. The molecule has 1 fully saturated rings. The van der Waals surface area contributed by atoms with Gasteiger partial charge >= 0.3 is 12.1 Å². The fourth-order valence-corrected chi connectivity index (χ4v) is 6.18. The van der Waals surface area contributed by atoms with Gasteiger partial charge < -0.3 is 15.2 Å². The van der Waals surface area contributed by atoms with Crippen LogP contribution in [0, 0.1) is 0 Å². The number of sulfonamides is 1. The molecule has 0 radical (unpaired) electrons. The molecule has 0 aliphatic carbocycles. The highest BCUT2D eigenvalue weighted by molar-refractivity contribution is 7.89. The first-order valence-electron chi connectivity index (χ1n) is 12.1. The van der Waals surface area contributed by atoms with E-state index in [0.717, 1.165) is 11.3 Å². The Kier molecular flexibility index (Phi) is 9.36. The molecule has 13 heteroatoms. The second-order valence-corrected chi connectivity index (χ2v) is 11.3. The van der Waals surface area contributed by atoms with Gasteiger partial charge in [0.25, 0.3) is 0 Å². The maximum absolute atomic E-state index is 12.7. The zero-order valence-corrected chi connectivity index (χ0v) is 21.6. The number of para-hydroxylation sites is 1. The van der Waals surface area contributed by atoms with Gasteiger partial charge in [-0.15, -0.1) is 0 Å². The highest BCUT2D eigenvalue weighted by Crippen LogP contribution is 2.46. The van der Waals surface area contributed by atoms with Crippen molar-refractivity contribution in [3.8, 4) is 5.75 Å². The number of anilines is 1. The summed E-state index contributed by atoms with van der Waals surface area (Å²) in [7, 11) is -3.21. The molecule has 9 nitrogen and oxygen atoms in total. The van der Waals surface area contributed by atoms with Crippen LogP contribution in [0.1, 0.15) is 50.5 Å². The lowest BCUT2D eigenvalue weighted by Crippen LogP contribution is -2.52. The number of alkyl halides is 3. The molecule has 1 amide bonds. The van der Waals surface area contributed by atoms with Crippen molar-refractivity contribution in [2.24, 2.45) is 0 Å². The van der Waals surface area contributed by atoms with Crippen molar-refractivity contribution in [3.63, 3.8) is 0 Å². The predicted molar refractivity (Wildman–Crippen MR) is 133 cm³/mol. The number of aromatic nitrogens is 1. The maximum Gasteiger partial charge on any atom is 0.490 e. The van der Waals surface area contributed by atoms with Crippen molar-refractivity contribution < 1.29 is 41.0 Å². The number of nitrogens with one attached hydrogen (secondary N) is 1. The van der Waals surface area contributed by atoms with Crippen molar-refractivity contribution >= 4 is 27.6 Å². The maximum atomic E-state index is 12.7. The summed E-state index contributed by atoms with van der Waals surface area (Å²) in [6.07, 6.45) is 1.13. The van der Waals surface area contributed by atoms with Gasteiger partial charge in [-0.3, -0.25) is 9.78 Å². The van der Waals surface area contributed by atoms with Crippen LogP contribution in [0.2, 0.25) is 0 Å². The molecule has 38 heavy (non-hydrogen) atoms. The minimum atomic E-state index is -5.08. The van der Waals surface area contributed by atoms with Gasteiger partial charge in [0.15, 0.2) is 0 Å². The molecule has 2 aliphatic heterocycles. The molecule has 0 bridgehead atoms. The van der Waals surface area contributed by atoms with Crippen LogP contribution in [0.3, 0.4) is 0 Å². The Hall–Kier alpha value is -3.19. The van der Waals surface area contributed by atoms with Crippen molar-refractivity contribution in [2.75, 3.05) is 24.2 Å². The highest BCUT2D eigenvalue weighted by atomic mass is 32.2. The monoisotopic (exact) mass is 557 g/mol. The second-order valence-electron chi connectivity index (χ2n) is 9.24. The molecule has 2 aliphatic rings. The van der Waals surface area contributed by atoms with Crippen LogP contribution < -0.4 is 10.1 Å². The summed E-state index contributed by atoms with van der Waals surface area (Å²) >= 11 is 0. The Balaban J connectivity index is 0.000000505. The number of halogens is 3. The van der Waals surface area contributed by atoms with Crippen molar-refractivity contribution in [1.29, 1.82) is 0 Å². The molecule has 1 spiro atoms. The standard InChI is InChI=1S/C23H29N3O4S.C2HF3O2/c1-2-14-31(28,29)26-12-9-23(10-13-26)16-18(20-7-3-4-8-21(20)30-23)15-22(27)25-19-6-5-11-24-17-19;3-2(4,5)1(6)7/h3-8,11,17-18H,2,9-10,12-16H2,1H3,(H,25,27);(H,6,7). The molecule has 3 heterocycles. The Morgan fingerprint density at radius 2 is 1.84 bits per heavy atom. The Morgan fingerprint density at radius 3 is 2.42 bits per heavy atom. The van der Waals surface area contributed by atoms with Gasteiger partial charge in [0, 0.05) is 44.5 Å². The smallest absolute Gasteiger partial charge is 0.487 e. The van der Waals surface area contributed by atoms with Crippen LogP contribution >= 0.6 is 0 Å². The van der Waals surface area contributed by atoms with E-state index in [4.69, 9.17) is 14.6 Å². The van der Waals surface area contributed by atoms with Crippen molar-refractivity contribution in [1.82, 2.24) is 9.29 Å². The average molecular weight is 558 g/mol. The summed E-state index contributed by atoms with van der Waals surface area (Å²) in [5.41, 5.74) is 1.28. The van der Waals surface area contributed by atoms with Gasteiger partial charge in [-0.25, -0.2) is 17.5 Å². The lowest BCUT2D eigenvalue weighted by Gasteiger charge is -2.46. The van der Waals surface area contributed by atoms with Crippen LogP contribution in [0.25, 0.3) is 0 Å². The zero-order chi connectivity index (χ0) is 28.0. The first-order valence-corrected chi connectivity index (χ1v) is 13.7. The van der Waals surface area contributed by atoms with Crippen molar-refractivity contribution in [3.05, 3.63) is 54.4 Å². The SMILES string of the molecule is CCCS(=O)(=O)N1CCC2(CC1)CC(CC(=O)Nc1cccnc1)c1ccccc1O2.O=C(O)C(F)(F)F. The summed E-state index contributed by atoms with van der Waals surface area (Å²) < 4.78 is 64.7. The number of carbonyl (C=O) groups excluding carboxylic acids is 1. The number of carboxylic acid groups (broad SMARTS) is 1. The quantitative estimate of drug-likeness (QED) is 0.546. The fourth-order valence-electron chi connectivity index (χ4n) is 4.66. The third-order valence-corrected chi connectivity index (χ3v) is 8.49. The fraction of sp³-hybridized carbons (Fsp3) is 0.480. The number of benzene rings is 1. The third-order valence-electron chi connectivity index (χ3n) is 6.41. The van der Waals surface area contributed by atoms with E-state index in [0.29, 0.717) is 50.9 Å². The Bertz CT molecular complexity index is 1220. The van der Waals surface area contributed by atoms with Crippen LogP contribution in [0.15, 0.2) is 48.8 Å². The second kappa shape index (κ2) is 12.1. The van der Waals surface area contributed by atoms with E-state index in [9.17, 15) is 26.4 Å². The highest BCUT2D eigenvalue weighted by Gasteiger charge is 2.45. The Labute approximate surface area is 219 Å². The van der Waals surface area contributed by atoms with Gasteiger partial charge in [-0.2, -0.15) is 13.2 Å². The zero-order valence-electron chi connectivity index (χ0n) is 20.8. The molecule has 4 rings (SSSR count). The number of ether oxygens (including phenoxy) is 1. The number of rotatable bonds is 6. The number of amides is 1. The van der Waals surface area contributed by atoms with Gasteiger partial charge in [-0.05, 0) is 36.6 Å². The number of carboxylic acids is 1. The molecule has 0 saturated carbocycles. The average Bonchev–Trinajstić information content (AvgIpc) is 2.84. The van der Waals surface area contributed by atoms with E-state index in [-0.39, 0.29) is 17.6 Å². The van der Waals surface area contributed by atoms with Crippen LogP contribution in [-0.2, 0) is 19.6 Å². The normalized spacial score (nSPS) is 18.9. The number of carbonyl (C=O) groups is 2. The van der Waals surface area contributed by atoms with Crippen molar-refractivity contribution in [2.45, 2.75) is 56.7 Å². The first kappa shape index (κ1) is 29.4. The number of fused-ring (bicyclic) bond motifs is 1. The lowest BCUT2D eigenvalue weighted by atomic mass is 9.76. The van der Waals surface area contributed by atoms with Crippen LogP contribution in [-0.4, -0.2) is 65.3 Å². The van der Waals surface area contributed by atoms with E-state index < -0.39 is 27.8 Å². The molecule has 1 aromatic carbocycles. The summed E-state index contributed by atoms with van der Waals surface area (Å²) in [5, 5.41) is 10.0. The van der Waals surface area contributed by atoms with E-state index in [1.165, 1.54) is 0 Å². The Morgan fingerprint density at radius 1 is 1.18 bits per heavy atom. The van der Waals surface area contributed by atoms with E-state index in [2.05, 4.69) is 10.3 Å². The number of pyridine rings is 1. The minimum absolute atomic E-state index is 0.0143. The summed E-state index contributed by atoms with van der Waals surface area (Å²) in [4.78, 5) is 25.7. The summed E-state index contributed by atoms with van der Waals surface area (Å²) in [6, 6.07) is 11.5. The number of hydrogen-bond acceptors (Lipinski definition) is 6. The largest absolute Gasteiger partial charge is 0.490 e. The summed E-state index contributed by atoms with van der Waals surface area (Å²) in [6.45, 7) is 2.80. The van der Waals surface area contributed by atoms with Gasteiger partial charge in [0.1, 0.15) is 11.4 Å². The van der Waals surface area contributed by atoms with Crippen LogP contribution in [0.5, 0.6) is 5.75 Å². The van der Waals surface area contributed by atoms with Gasteiger partial charge in [0.2, 0.25) is 15.9 Å². The summed E-state index contributed by atoms with van der Waals surface area (Å²) in [5.74, 6) is -1.82. The molecular formula is C25H30F3N3O6S. The molecule has 208 valence electrons. The number of hydrogen-bond donors (Lipinski definition) is 2. The molecule has 1 aromatic heterocycles. The molecule has 1 saturated heterocycles. The number of nitrogens with zero attached hydrogens (tertiary/aromatic N) is 2.